The third-order valence-corrected chi connectivity index (χ3v) is 3.98. The molecule has 2 aliphatic rings. The Labute approximate surface area is 103 Å². The van der Waals surface area contributed by atoms with Gasteiger partial charge in [0.1, 0.15) is 0 Å². The number of nitrogens with zero attached hydrogens (tertiary/aromatic N) is 1. The molecule has 2 aliphatic heterocycles. The fourth-order valence-corrected chi connectivity index (χ4v) is 2.92. The van der Waals surface area contributed by atoms with Crippen LogP contribution in [0.2, 0.25) is 0 Å². The largest absolute Gasteiger partial charge is 0.394 e. The Kier molecular flexibility index (Phi) is 4.80. The lowest BCUT2D eigenvalue weighted by Crippen LogP contribution is -2.53. The van der Waals surface area contributed by atoms with Gasteiger partial charge < -0.3 is 15.3 Å². The average molecular weight is 240 g/mol. The number of hydrogen-bond acceptors (Lipinski definition) is 3. The molecular formula is C13H24N2O2. The molecule has 0 aromatic heterocycles. The van der Waals surface area contributed by atoms with Crippen molar-refractivity contribution in [2.45, 2.75) is 57.0 Å². The highest BCUT2D eigenvalue weighted by Gasteiger charge is 2.31. The molecule has 2 saturated heterocycles. The van der Waals surface area contributed by atoms with Crippen molar-refractivity contribution < 1.29 is 9.90 Å². The number of likely N-dealkylation sites (tertiary alicyclic amines) is 1. The lowest BCUT2D eigenvalue weighted by Gasteiger charge is -2.37. The minimum atomic E-state index is -0.00958. The minimum absolute atomic E-state index is 0.00958. The van der Waals surface area contributed by atoms with Crippen molar-refractivity contribution in [3.05, 3.63) is 0 Å². The molecule has 0 aromatic carbocycles. The summed E-state index contributed by atoms with van der Waals surface area (Å²) >= 11 is 0. The lowest BCUT2D eigenvalue weighted by molar-refractivity contribution is -0.138. The summed E-state index contributed by atoms with van der Waals surface area (Å²) in [5.41, 5.74) is 0. The summed E-state index contributed by atoms with van der Waals surface area (Å²) in [6.45, 7) is 1.88. The molecule has 2 N–H and O–H groups in total. The van der Waals surface area contributed by atoms with E-state index in [4.69, 9.17) is 0 Å². The maximum atomic E-state index is 12.4. The van der Waals surface area contributed by atoms with Crippen LogP contribution >= 0.6 is 0 Å². The first-order valence-corrected chi connectivity index (χ1v) is 6.97. The number of aliphatic hydroxyl groups is 1. The summed E-state index contributed by atoms with van der Waals surface area (Å²) in [7, 11) is 0. The van der Waals surface area contributed by atoms with Gasteiger partial charge in [-0.25, -0.2) is 0 Å². The van der Waals surface area contributed by atoms with Crippen molar-refractivity contribution in [2.75, 3.05) is 19.7 Å². The van der Waals surface area contributed by atoms with E-state index in [1.54, 1.807) is 0 Å². The number of carbonyl (C=O) groups is 1. The van der Waals surface area contributed by atoms with E-state index in [1.807, 2.05) is 4.90 Å². The van der Waals surface area contributed by atoms with Crippen LogP contribution in [0.3, 0.4) is 0 Å². The molecule has 2 unspecified atom stereocenters. The zero-order chi connectivity index (χ0) is 12.1. The molecular weight excluding hydrogens is 216 g/mol. The second-order valence-corrected chi connectivity index (χ2v) is 5.22. The molecule has 0 aliphatic carbocycles. The molecule has 2 rings (SSSR count). The third-order valence-electron chi connectivity index (χ3n) is 3.98. The molecule has 1 amide bonds. The van der Waals surface area contributed by atoms with Crippen LogP contribution in [0.15, 0.2) is 0 Å². The summed E-state index contributed by atoms with van der Waals surface area (Å²) in [5.74, 6) is 0.214. The first kappa shape index (κ1) is 12.8. The first-order chi connectivity index (χ1) is 8.33. The summed E-state index contributed by atoms with van der Waals surface area (Å²) < 4.78 is 0. The third kappa shape index (κ3) is 3.19. The van der Waals surface area contributed by atoms with E-state index in [2.05, 4.69) is 5.32 Å². The quantitative estimate of drug-likeness (QED) is 0.754. The molecule has 0 radical (unpaired) electrons. The van der Waals surface area contributed by atoms with Crippen LogP contribution in [0.1, 0.15) is 44.9 Å². The van der Waals surface area contributed by atoms with Crippen LogP contribution in [0.4, 0.5) is 0 Å². The van der Waals surface area contributed by atoms with Crippen LogP contribution in [0.25, 0.3) is 0 Å². The fourth-order valence-electron chi connectivity index (χ4n) is 2.92. The Morgan fingerprint density at radius 2 is 2.00 bits per heavy atom. The highest BCUT2D eigenvalue weighted by Crippen LogP contribution is 2.19. The van der Waals surface area contributed by atoms with Crippen LogP contribution < -0.4 is 5.32 Å². The Bertz CT molecular complexity index is 250. The van der Waals surface area contributed by atoms with Gasteiger partial charge >= 0.3 is 0 Å². The van der Waals surface area contributed by atoms with Crippen LogP contribution in [-0.2, 0) is 4.79 Å². The van der Waals surface area contributed by atoms with Gasteiger partial charge in [-0.15, -0.1) is 0 Å². The van der Waals surface area contributed by atoms with E-state index in [1.165, 1.54) is 12.8 Å². The summed E-state index contributed by atoms with van der Waals surface area (Å²) in [6.07, 6.45) is 7.65. The molecule has 4 nitrogen and oxygen atoms in total. The molecule has 2 atom stereocenters. The van der Waals surface area contributed by atoms with E-state index >= 15 is 0 Å². The SMILES string of the molecule is O=C(C1CCCCCN1)N1CCCCC1CO. The Morgan fingerprint density at radius 1 is 1.18 bits per heavy atom. The number of piperidine rings is 1. The van der Waals surface area contributed by atoms with Crippen molar-refractivity contribution in [3.8, 4) is 0 Å². The van der Waals surface area contributed by atoms with Crippen molar-refractivity contribution in [2.24, 2.45) is 0 Å². The van der Waals surface area contributed by atoms with Gasteiger partial charge in [0, 0.05) is 6.54 Å². The molecule has 4 heteroatoms. The number of carbonyl (C=O) groups excluding carboxylic acids is 1. The molecule has 17 heavy (non-hydrogen) atoms. The summed E-state index contributed by atoms with van der Waals surface area (Å²) in [5, 5.41) is 12.7. The van der Waals surface area contributed by atoms with Gasteiger partial charge in [-0.3, -0.25) is 4.79 Å². The maximum Gasteiger partial charge on any atom is 0.240 e. The van der Waals surface area contributed by atoms with Gasteiger partial charge in [-0.05, 0) is 38.6 Å². The number of aliphatic hydroxyl groups excluding tert-OH is 1. The molecule has 0 bridgehead atoms. The van der Waals surface area contributed by atoms with Crippen molar-refractivity contribution in [1.29, 1.82) is 0 Å². The van der Waals surface area contributed by atoms with Gasteiger partial charge in [-0.1, -0.05) is 12.8 Å². The highest BCUT2D eigenvalue weighted by molar-refractivity contribution is 5.82. The molecule has 98 valence electrons. The van der Waals surface area contributed by atoms with Gasteiger partial charge in [0.15, 0.2) is 0 Å². The second-order valence-electron chi connectivity index (χ2n) is 5.22. The minimum Gasteiger partial charge on any atom is -0.394 e. The van der Waals surface area contributed by atoms with Gasteiger partial charge in [-0.2, -0.15) is 0 Å². The normalized spacial score (nSPS) is 31.0. The van der Waals surface area contributed by atoms with E-state index in [0.717, 1.165) is 45.2 Å². The van der Waals surface area contributed by atoms with Crippen LogP contribution in [0.5, 0.6) is 0 Å². The topological polar surface area (TPSA) is 52.6 Å². The Hall–Kier alpha value is -0.610. The molecule has 2 heterocycles. The average Bonchev–Trinajstić information content (AvgIpc) is 2.66. The molecule has 2 fully saturated rings. The number of rotatable bonds is 2. The zero-order valence-electron chi connectivity index (χ0n) is 10.5. The second kappa shape index (κ2) is 6.36. The number of amides is 1. The van der Waals surface area contributed by atoms with Crippen molar-refractivity contribution in [3.63, 3.8) is 0 Å². The Balaban J connectivity index is 1.96. The predicted octanol–water partition coefficient (Wildman–Crippen LogP) is 0.892. The summed E-state index contributed by atoms with van der Waals surface area (Å²) in [6, 6.07) is 0.0472. The molecule has 0 spiro atoms. The van der Waals surface area contributed by atoms with E-state index in [9.17, 15) is 9.90 Å². The van der Waals surface area contributed by atoms with E-state index in [0.29, 0.717) is 0 Å². The summed E-state index contributed by atoms with van der Waals surface area (Å²) in [4.78, 5) is 14.3. The fraction of sp³-hybridized carbons (Fsp3) is 0.923. The van der Waals surface area contributed by atoms with Gasteiger partial charge in [0.2, 0.25) is 5.91 Å². The number of hydrogen-bond donors (Lipinski definition) is 2. The molecule has 0 saturated carbocycles. The van der Waals surface area contributed by atoms with Crippen LogP contribution in [-0.4, -0.2) is 47.7 Å². The predicted molar refractivity (Wildman–Crippen MR) is 66.7 cm³/mol. The van der Waals surface area contributed by atoms with Crippen molar-refractivity contribution >= 4 is 5.91 Å². The first-order valence-electron chi connectivity index (χ1n) is 6.97. The molecule has 0 aromatic rings. The van der Waals surface area contributed by atoms with E-state index < -0.39 is 0 Å². The van der Waals surface area contributed by atoms with E-state index in [-0.39, 0.29) is 24.6 Å². The smallest absolute Gasteiger partial charge is 0.240 e. The van der Waals surface area contributed by atoms with Gasteiger partial charge in [0.25, 0.3) is 0 Å². The zero-order valence-corrected chi connectivity index (χ0v) is 10.5. The Morgan fingerprint density at radius 3 is 2.82 bits per heavy atom. The maximum absolute atomic E-state index is 12.4. The standard InChI is InChI=1S/C13H24N2O2/c16-10-11-6-3-5-9-15(11)13(17)12-7-2-1-4-8-14-12/h11-12,14,16H,1-10H2. The highest BCUT2D eigenvalue weighted by atomic mass is 16.3. The van der Waals surface area contributed by atoms with Gasteiger partial charge in [0.05, 0.1) is 18.7 Å². The lowest BCUT2D eigenvalue weighted by atomic mass is 10.0. The number of nitrogens with one attached hydrogen (secondary N) is 1. The monoisotopic (exact) mass is 240 g/mol. The van der Waals surface area contributed by atoms with Crippen molar-refractivity contribution in [1.82, 2.24) is 10.2 Å². The van der Waals surface area contributed by atoms with Crippen LogP contribution in [0, 0.1) is 0 Å².